The number of H-pyrrole nitrogens is 1. The first-order valence-corrected chi connectivity index (χ1v) is 13.5. The lowest BCUT2D eigenvalue weighted by molar-refractivity contribution is -0.134. The molecule has 14 heteroatoms. The van der Waals surface area contributed by atoms with Crippen LogP contribution in [0.4, 0.5) is 5.82 Å². The van der Waals surface area contributed by atoms with E-state index in [0.29, 0.717) is 30.1 Å². The van der Waals surface area contributed by atoms with Crippen LogP contribution in [0.15, 0.2) is 24.3 Å². The summed E-state index contributed by atoms with van der Waals surface area (Å²) in [6.07, 6.45) is 14.2. The number of nitrogen functional groups attached to an aromatic ring is 1. The van der Waals surface area contributed by atoms with Crippen LogP contribution in [0.5, 0.6) is 0 Å². The Morgan fingerprint density at radius 2 is 1.32 bits per heavy atom. The number of aromatic nitrogens is 4. The molecule has 0 atom stereocenters. The van der Waals surface area contributed by atoms with Gasteiger partial charge < -0.3 is 31.1 Å². The van der Waals surface area contributed by atoms with E-state index in [1.165, 1.54) is 58.2 Å². The monoisotopic (exact) mass is 576 g/mol. The van der Waals surface area contributed by atoms with Gasteiger partial charge in [-0.25, -0.2) is 29.1 Å². The molecule has 41 heavy (non-hydrogen) atoms. The maximum absolute atomic E-state index is 9.55. The van der Waals surface area contributed by atoms with Crippen LogP contribution in [0.2, 0.25) is 0 Å². The van der Waals surface area contributed by atoms with Crippen LogP contribution in [0, 0.1) is 0 Å². The number of nitrogens with zero attached hydrogens (tertiary/aromatic N) is 4. The molecule has 0 bridgehead atoms. The normalized spacial score (nSPS) is 13.1. The predicted octanol–water partition coefficient (Wildman–Crippen LogP) is 2.90. The fraction of sp³-hybridized carbons (Fsp3) is 0.519. The van der Waals surface area contributed by atoms with E-state index >= 15 is 0 Å². The van der Waals surface area contributed by atoms with Gasteiger partial charge in [-0.1, -0.05) is 26.2 Å². The molecule has 7 N–H and O–H groups in total. The van der Waals surface area contributed by atoms with Gasteiger partial charge in [-0.3, -0.25) is 5.10 Å². The second-order valence-corrected chi connectivity index (χ2v) is 9.26. The predicted molar refractivity (Wildman–Crippen MR) is 151 cm³/mol. The fourth-order valence-electron chi connectivity index (χ4n) is 3.92. The summed E-state index contributed by atoms with van der Waals surface area (Å²) in [5.74, 6) is -3.68. The van der Waals surface area contributed by atoms with Gasteiger partial charge in [-0.2, -0.15) is 5.10 Å². The third kappa shape index (κ3) is 15.8. The highest BCUT2D eigenvalue weighted by Gasteiger charge is 2.13. The first-order chi connectivity index (χ1) is 19.5. The van der Waals surface area contributed by atoms with Crippen molar-refractivity contribution < 1.29 is 39.6 Å². The molecule has 0 radical (unpaired) electrons. The molecule has 0 amide bonds. The molecular weight excluding hydrogens is 536 g/mol. The minimum absolute atomic E-state index is 0.504. The van der Waals surface area contributed by atoms with Gasteiger partial charge in [0.05, 0.1) is 5.69 Å². The number of aromatic amines is 1. The standard InChI is InChI=1S/C19H32N6.2C4H4O4/c1-2-3-11-16-21-17-15(23-24-18(17)19(20)22-16)10-6-4-5-7-12-25-13-8-9-14-25;2*5-3(6)1-2-4(7)8/h2-14H2,1H3,(H,23,24)(H2,20,21,22);2*1-2H,(H,5,6)(H,7,8)/b;2*2-1-. The summed E-state index contributed by atoms with van der Waals surface area (Å²) in [7, 11) is 0. The lowest BCUT2D eigenvalue weighted by Crippen LogP contribution is -2.20. The molecule has 0 aliphatic carbocycles. The Kier molecular flexibility index (Phi) is 16.7. The number of unbranched alkanes of at least 4 members (excludes halogenated alkanes) is 4. The zero-order chi connectivity index (χ0) is 30.6. The van der Waals surface area contributed by atoms with E-state index in [9.17, 15) is 19.2 Å². The minimum Gasteiger partial charge on any atom is -0.478 e. The molecule has 14 nitrogen and oxygen atoms in total. The third-order valence-electron chi connectivity index (χ3n) is 5.89. The summed E-state index contributed by atoms with van der Waals surface area (Å²) in [5.41, 5.74) is 8.82. The van der Waals surface area contributed by atoms with Crippen molar-refractivity contribution in [3.63, 3.8) is 0 Å². The third-order valence-corrected chi connectivity index (χ3v) is 5.89. The number of rotatable bonds is 14. The average molecular weight is 577 g/mol. The van der Waals surface area contributed by atoms with Crippen LogP contribution < -0.4 is 5.73 Å². The zero-order valence-corrected chi connectivity index (χ0v) is 23.3. The maximum atomic E-state index is 9.55. The minimum atomic E-state index is -1.26. The number of fused-ring (bicyclic) bond motifs is 1. The van der Waals surface area contributed by atoms with Crippen molar-refractivity contribution in [3.8, 4) is 0 Å². The highest BCUT2D eigenvalue weighted by molar-refractivity contribution is 5.90. The Balaban J connectivity index is 0.000000433. The molecule has 1 aliphatic rings. The van der Waals surface area contributed by atoms with Gasteiger partial charge in [0.1, 0.15) is 11.3 Å². The van der Waals surface area contributed by atoms with Crippen molar-refractivity contribution in [2.24, 2.45) is 0 Å². The van der Waals surface area contributed by atoms with E-state index in [1.807, 2.05) is 0 Å². The Bertz CT molecular complexity index is 1120. The van der Waals surface area contributed by atoms with Gasteiger partial charge in [0.2, 0.25) is 0 Å². The van der Waals surface area contributed by atoms with E-state index in [1.54, 1.807) is 0 Å². The number of aliphatic carboxylic acids is 4. The van der Waals surface area contributed by atoms with Gasteiger partial charge >= 0.3 is 23.9 Å². The van der Waals surface area contributed by atoms with Crippen molar-refractivity contribution in [1.82, 2.24) is 25.1 Å². The van der Waals surface area contributed by atoms with Crippen molar-refractivity contribution in [2.75, 3.05) is 25.4 Å². The number of hydrogen-bond donors (Lipinski definition) is 6. The summed E-state index contributed by atoms with van der Waals surface area (Å²) in [5, 5.41) is 38.7. The van der Waals surface area contributed by atoms with Crippen molar-refractivity contribution in [2.45, 2.75) is 71.1 Å². The van der Waals surface area contributed by atoms with Gasteiger partial charge in [-0.15, -0.1) is 0 Å². The quantitative estimate of drug-likeness (QED) is 0.140. The number of carboxylic acids is 4. The number of carboxylic acid groups (broad SMARTS) is 4. The van der Waals surface area contributed by atoms with Crippen molar-refractivity contribution in [1.29, 1.82) is 0 Å². The lowest BCUT2D eigenvalue weighted by atomic mass is 10.1. The fourth-order valence-corrected chi connectivity index (χ4v) is 3.92. The number of anilines is 1. The Morgan fingerprint density at radius 1 is 0.780 bits per heavy atom. The molecule has 3 heterocycles. The first-order valence-electron chi connectivity index (χ1n) is 13.5. The Labute approximate surface area is 238 Å². The molecule has 226 valence electrons. The van der Waals surface area contributed by atoms with E-state index in [0.717, 1.165) is 48.2 Å². The molecule has 0 aromatic carbocycles. The number of aryl methyl sites for hydroxylation is 2. The second kappa shape index (κ2) is 19.7. The number of hydrogen-bond acceptors (Lipinski definition) is 9. The number of carbonyl (C=O) groups is 4. The molecule has 2 aromatic rings. The van der Waals surface area contributed by atoms with E-state index in [-0.39, 0.29) is 0 Å². The summed E-state index contributed by atoms with van der Waals surface area (Å²) in [6.45, 7) is 6.07. The van der Waals surface area contributed by atoms with Gasteiger partial charge in [0.15, 0.2) is 11.3 Å². The van der Waals surface area contributed by atoms with Crippen LogP contribution in [0.3, 0.4) is 0 Å². The Morgan fingerprint density at radius 3 is 1.83 bits per heavy atom. The summed E-state index contributed by atoms with van der Waals surface area (Å²) >= 11 is 0. The molecule has 1 aliphatic heterocycles. The number of nitrogens with two attached hydrogens (primary N) is 1. The van der Waals surface area contributed by atoms with Crippen LogP contribution in [0.1, 0.15) is 69.8 Å². The highest BCUT2D eigenvalue weighted by atomic mass is 16.4. The van der Waals surface area contributed by atoms with Crippen molar-refractivity contribution in [3.05, 3.63) is 35.8 Å². The van der Waals surface area contributed by atoms with Crippen LogP contribution >= 0.6 is 0 Å². The maximum Gasteiger partial charge on any atom is 0.328 e. The van der Waals surface area contributed by atoms with Gasteiger partial charge in [-0.05, 0) is 58.2 Å². The molecule has 0 saturated carbocycles. The second-order valence-electron chi connectivity index (χ2n) is 9.26. The first kappa shape index (κ1) is 34.7. The van der Waals surface area contributed by atoms with Crippen LogP contribution in [-0.2, 0) is 32.0 Å². The summed E-state index contributed by atoms with van der Waals surface area (Å²) < 4.78 is 0. The topological polar surface area (TPSA) is 233 Å². The van der Waals surface area contributed by atoms with Crippen molar-refractivity contribution >= 4 is 40.7 Å². The smallest absolute Gasteiger partial charge is 0.328 e. The average Bonchev–Trinajstić information content (AvgIpc) is 3.58. The largest absolute Gasteiger partial charge is 0.478 e. The van der Waals surface area contributed by atoms with Crippen LogP contribution in [-0.4, -0.2) is 89.0 Å². The Hall–Kier alpha value is -4.33. The van der Waals surface area contributed by atoms with Crippen LogP contribution in [0.25, 0.3) is 11.0 Å². The number of likely N-dealkylation sites (tertiary alicyclic amines) is 1. The summed E-state index contributed by atoms with van der Waals surface area (Å²) in [6, 6.07) is 0. The molecule has 1 fully saturated rings. The summed E-state index contributed by atoms with van der Waals surface area (Å²) in [4.78, 5) is 49.9. The van der Waals surface area contributed by atoms with Gasteiger partial charge in [0, 0.05) is 30.7 Å². The molecule has 2 aromatic heterocycles. The SMILES string of the molecule is CCCCc1nc(N)c2n[nH]c(CCCCCCN3CCCC3)c2n1.O=C(O)/C=C\C(=O)O.O=C(O)/C=C\C(=O)O. The molecule has 0 unspecified atom stereocenters. The molecule has 1 saturated heterocycles. The molecule has 3 rings (SSSR count). The van der Waals surface area contributed by atoms with E-state index in [4.69, 9.17) is 31.1 Å². The molecule has 0 spiro atoms. The van der Waals surface area contributed by atoms with Gasteiger partial charge in [0.25, 0.3) is 0 Å². The van der Waals surface area contributed by atoms with E-state index < -0.39 is 23.9 Å². The lowest BCUT2D eigenvalue weighted by Gasteiger charge is -2.13. The highest BCUT2D eigenvalue weighted by Crippen LogP contribution is 2.21. The molecular formula is C27H40N6O8. The zero-order valence-electron chi connectivity index (χ0n) is 23.3. The number of nitrogens with one attached hydrogen (secondary N) is 1. The van der Waals surface area contributed by atoms with E-state index in [2.05, 4.69) is 27.0 Å².